The van der Waals surface area contributed by atoms with Crippen LogP contribution in [0.3, 0.4) is 0 Å². The number of thiol groups is 1. The van der Waals surface area contributed by atoms with Gasteiger partial charge < -0.3 is 9.47 Å². The van der Waals surface area contributed by atoms with Gasteiger partial charge in [0.1, 0.15) is 0 Å². The molecule has 0 unspecified atom stereocenters. The van der Waals surface area contributed by atoms with Gasteiger partial charge in [0.2, 0.25) is 0 Å². The van der Waals surface area contributed by atoms with Crippen molar-refractivity contribution in [2.75, 3.05) is 32.2 Å². The smallest absolute Gasteiger partial charge is 0.0532 e. The van der Waals surface area contributed by atoms with Gasteiger partial charge in [-0.1, -0.05) is 6.07 Å². The summed E-state index contributed by atoms with van der Waals surface area (Å²) in [5.41, 5.74) is 0.247. The first-order chi connectivity index (χ1) is 8.35. The molecule has 2 rings (SSSR count). The van der Waals surface area contributed by atoms with Crippen LogP contribution >= 0.6 is 24.0 Å². The summed E-state index contributed by atoms with van der Waals surface area (Å²) in [5, 5.41) is 2.11. The Hall–Kier alpha value is -0.0300. The van der Waals surface area contributed by atoms with E-state index in [1.54, 1.807) is 11.3 Å². The van der Waals surface area contributed by atoms with Crippen LogP contribution in [0.15, 0.2) is 17.5 Å². The molecule has 0 aliphatic carbocycles. The average Bonchev–Trinajstić information content (AvgIpc) is 2.89. The number of ether oxygens (including phenoxy) is 2. The Morgan fingerprint density at radius 2 is 2.24 bits per heavy atom. The van der Waals surface area contributed by atoms with Crippen molar-refractivity contribution in [3.05, 3.63) is 22.4 Å². The normalized spacial score (nSPS) is 19.4. The lowest BCUT2D eigenvalue weighted by Crippen LogP contribution is -2.36. The van der Waals surface area contributed by atoms with Crippen molar-refractivity contribution in [3.8, 4) is 0 Å². The highest BCUT2D eigenvalue weighted by Crippen LogP contribution is 2.32. The van der Waals surface area contributed by atoms with Gasteiger partial charge in [-0.05, 0) is 30.0 Å². The van der Waals surface area contributed by atoms with E-state index in [2.05, 4.69) is 30.1 Å². The summed E-state index contributed by atoms with van der Waals surface area (Å²) >= 11 is 6.28. The molecular weight excluding hydrogens is 252 g/mol. The van der Waals surface area contributed by atoms with Gasteiger partial charge in [0.05, 0.1) is 13.2 Å². The van der Waals surface area contributed by atoms with E-state index in [1.807, 2.05) is 0 Å². The minimum atomic E-state index is 0.247. The summed E-state index contributed by atoms with van der Waals surface area (Å²) in [6.45, 7) is 3.35. The maximum absolute atomic E-state index is 5.84. The van der Waals surface area contributed by atoms with Gasteiger partial charge in [0.25, 0.3) is 0 Å². The molecule has 0 radical (unpaired) electrons. The highest BCUT2D eigenvalue weighted by molar-refractivity contribution is 7.80. The Labute approximate surface area is 113 Å². The standard InChI is InChI=1S/C13H20O2S2/c16-11-13(4-7-14-8-5-13)10-15-6-3-12-2-1-9-17-12/h1-2,9,16H,3-8,10-11H2. The Bertz CT molecular complexity index is 305. The van der Waals surface area contributed by atoms with E-state index in [4.69, 9.17) is 9.47 Å². The van der Waals surface area contributed by atoms with Gasteiger partial charge in [-0.3, -0.25) is 0 Å². The number of hydrogen-bond donors (Lipinski definition) is 1. The maximum atomic E-state index is 5.84. The van der Waals surface area contributed by atoms with Gasteiger partial charge >= 0.3 is 0 Å². The molecule has 0 spiro atoms. The van der Waals surface area contributed by atoms with Crippen molar-refractivity contribution in [3.63, 3.8) is 0 Å². The monoisotopic (exact) mass is 272 g/mol. The van der Waals surface area contributed by atoms with E-state index in [1.165, 1.54) is 4.88 Å². The minimum absolute atomic E-state index is 0.247. The van der Waals surface area contributed by atoms with Gasteiger partial charge in [-0.15, -0.1) is 11.3 Å². The second-order valence-corrected chi connectivity index (χ2v) is 6.00. The molecule has 1 saturated heterocycles. The largest absolute Gasteiger partial charge is 0.381 e. The van der Waals surface area contributed by atoms with Crippen LogP contribution in [0, 0.1) is 5.41 Å². The summed E-state index contributed by atoms with van der Waals surface area (Å²) in [6.07, 6.45) is 3.18. The van der Waals surface area contributed by atoms with Gasteiger partial charge in [-0.2, -0.15) is 12.6 Å². The summed E-state index contributed by atoms with van der Waals surface area (Å²) in [5.74, 6) is 0.898. The van der Waals surface area contributed by atoms with Gasteiger partial charge in [-0.25, -0.2) is 0 Å². The molecule has 0 N–H and O–H groups in total. The fourth-order valence-corrected chi connectivity index (χ4v) is 3.17. The molecular formula is C13H20O2S2. The molecule has 0 aromatic carbocycles. The summed E-state index contributed by atoms with van der Waals surface area (Å²) in [6, 6.07) is 4.25. The van der Waals surface area contributed by atoms with E-state index in [-0.39, 0.29) is 5.41 Å². The van der Waals surface area contributed by atoms with Crippen LogP contribution in [-0.4, -0.2) is 32.2 Å². The van der Waals surface area contributed by atoms with Gasteiger partial charge in [0.15, 0.2) is 0 Å². The van der Waals surface area contributed by atoms with Gasteiger partial charge in [0, 0.05) is 29.9 Å². The molecule has 1 aromatic rings. The molecule has 2 heterocycles. The third-order valence-corrected chi connectivity index (χ3v) is 4.98. The van der Waals surface area contributed by atoms with Crippen LogP contribution in [-0.2, 0) is 15.9 Å². The topological polar surface area (TPSA) is 18.5 Å². The first kappa shape index (κ1) is 13.4. The SMILES string of the molecule is SCC1(COCCc2cccs2)CCOCC1. The van der Waals surface area contributed by atoms with Crippen molar-refractivity contribution in [2.24, 2.45) is 5.41 Å². The van der Waals surface area contributed by atoms with E-state index >= 15 is 0 Å². The molecule has 2 nitrogen and oxygen atoms in total. The molecule has 1 aliphatic rings. The molecule has 0 saturated carbocycles. The minimum Gasteiger partial charge on any atom is -0.381 e. The lowest BCUT2D eigenvalue weighted by Gasteiger charge is -2.35. The van der Waals surface area contributed by atoms with Crippen molar-refractivity contribution >= 4 is 24.0 Å². The zero-order valence-corrected chi connectivity index (χ0v) is 11.8. The zero-order chi connectivity index (χ0) is 12.0. The van der Waals surface area contributed by atoms with Crippen LogP contribution in [0.5, 0.6) is 0 Å². The highest BCUT2D eigenvalue weighted by Gasteiger charge is 2.31. The molecule has 1 aromatic heterocycles. The van der Waals surface area contributed by atoms with Crippen LogP contribution in [0.25, 0.3) is 0 Å². The van der Waals surface area contributed by atoms with Crippen LogP contribution in [0.4, 0.5) is 0 Å². The van der Waals surface area contributed by atoms with Crippen molar-refractivity contribution in [1.82, 2.24) is 0 Å². The van der Waals surface area contributed by atoms with E-state index in [0.717, 1.165) is 51.4 Å². The molecule has 0 bridgehead atoms. The third-order valence-electron chi connectivity index (χ3n) is 3.37. The number of thiophene rings is 1. The third kappa shape index (κ3) is 3.98. The number of rotatable bonds is 6. The van der Waals surface area contributed by atoms with Crippen molar-refractivity contribution in [2.45, 2.75) is 19.3 Å². The maximum Gasteiger partial charge on any atom is 0.0532 e. The molecule has 1 aliphatic heterocycles. The Balaban J connectivity index is 1.69. The fourth-order valence-electron chi connectivity index (χ4n) is 2.07. The van der Waals surface area contributed by atoms with E-state index < -0.39 is 0 Å². The predicted molar refractivity (Wildman–Crippen MR) is 75.2 cm³/mol. The first-order valence-electron chi connectivity index (χ1n) is 6.13. The molecule has 1 fully saturated rings. The Morgan fingerprint density at radius 3 is 2.88 bits per heavy atom. The second-order valence-electron chi connectivity index (χ2n) is 4.65. The fraction of sp³-hybridized carbons (Fsp3) is 0.692. The zero-order valence-electron chi connectivity index (χ0n) is 10.1. The summed E-state index contributed by atoms with van der Waals surface area (Å²) < 4.78 is 11.2. The molecule has 0 atom stereocenters. The predicted octanol–water partition coefficient (Wildman–Crippen LogP) is 3.03. The first-order valence-corrected chi connectivity index (χ1v) is 7.65. The average molecular weight is 272 g/mol. The van der Waals surface area contributed by atoms with E-state index in [9.17, 15) is 0 Å². The quantitative estimate of drug-likeness (QED) is 0.634. The summed E-state index contributed by atoms with van der Waals surface area (Å²) in [7, 11) is 0. The van der Waals surface area contributed by atoms with E-state index in [0.29, 0.717) is 0 Å². The Kier molecular flexibility index (Phi) is 5.35. The molecule has 96 valence electrons. The number of hydrogen-bond acceptors (Lipinski definition) is 4. The van der Waals surface area contributed by atoms with Crippen LogP contribution in [0.2, 0.25) is 0 Å². The lowest BCUT2D eigenvalue weighted by molar-refractivity contribution is -0.0263. The molecule has 0 amide bonds. The second kappa shape index (κ2) is 6.78. The summed E-state index contributed by atoms with van der Waals surface area (Å²) in [4.78, 5) is 1.40. The Morgan fingerprint density at radius 1 is 1.41 bits per heavy atom. The van der Waals surface area contributed by atoms with Crippen molar-refractivity contribution < 1.29 is 9.47 Å². The lowest BCUT2D eigenvalue weighted by atomic mass is 9.83. The van der Waals surface area contributed by atoms with Crippen LogP contribution in [0.1, 0.15) is 17.7 Å². The molecule has 4 heteroatoms. The highest BCUT2D eigenvalue weighted by atomic mass is 32.1. The van der Waals surface area contributed by atoms with Crippen LogP contribution < -0.4 is 0 Å². The molecule has 17 heavy (non-hydrogen) atoms. The van der Waals surface area contributed by atoms with Crippen molar-refractivity contribution in [1.29, 1.82) is 0 Å².